The number of hydrogen-bond acceptors (Lipinski definition) is 3. The van der Waals surface area contributed by atoms with Gasteiger partial charge in [0.05, 0.1) is 11.0 Å². The predicted molar refractivity (Wildman–Crippen MR) is 259 cm³/mol. The minimum atomic E-state index is 1.09. The van der Waals surface area contributed by atoms with Crippen molar-refractivity contribution in [2.24, 2.45) is 0 Å². The minimum absolute atomic E-state index is 1.09. The molecule has 9 aromatic carbocycles. The SMILES string of the molecule is Cc1cccc(N(c2ccccc2)c2cccc(-n3c4ccc(N(c5ccccc5)c5cccc(C)c5)cc4c4cc(N(c5ccccc5)c5cccc(C)c5)ccc43)c2)c1. The van der Waals surface area contributed by atoms with Crippen molar-refractivity contribution in [3.05, 3.63) is 241 Å². The Labute approximate surface area is 358 Å². The zero-order chi connectivity index (χ0) is 41.3. The van der Waals surface area contributed by atoms with Gasteiger partial charge in [-0.2, -0.15) is 0 Å². The molecule has 294 valence electrons. The van der Waals surface area contributed by atoms with E-state index in [2.05, 4.69) is 264 Å². The van der Waals surface area contributed by atoms with Gasteiger partial charge in [-0.1, -0.05) is 97.1 Å². The van der Waals surface area contributed by atoms with Gasteiger partial charge in [0.1, 0.15) is 0 Å². The molecule has 61 heavy (non-hydrogen) atoms. The largest absolute Gasteiger partial charge is 0.310 e. The molecule has 0 amide bonds. The molecule has 0 saturated heterocycles. The van der Waals surface area contributed by atoms with Crippen molar-refractivity contribution < 1.29 is 0 Å². The van der Waals surface area contributed by atoms with Crippen LogP contribution in [0.15, 0.2) is 224 Å². The van der Waals surface area contributed by atoms with E-state index in [0.29, 0.717) is 0 Å². The fourth-order valence-corrected chi connectivity index (χ4v) is 8.70. The number of rotatable bonds is 10. The van der Waals surface area contributed by atoms with Crippen LogP contribution in [-0.4, -0.2) is 4.57 Å². The van der Waals surface area contributed by atoms with Gasteiger partial charge < -0.3 is 19.3 Å². The van der Waals surface area contributed by atoms with Crippen molar-refractivity contribution in [3.8, 4) is 5.69 Å². The van der Waals surface area contributed by atoms with Gasteiger partial charge >= 0.3 is 0 Å². The Hall–Kier alpha value is -7.82. The fourth-order valence-electron chi connectivity index (χ4n) is 8.70. The van der Waals surface area contributed by atoms with Crippen LogP contribution in [0.4, 0.5) is 51.2 Å². The number of aryl methyl sites for hydroxylation is 3. The van der Waals surface area contributed by atoms with E-state index in [1.54, 1.807) is 0 Å². The van der Waals surface area contributed by atoms with E-state index >= 15 is 0 Å². The molecule has 0 unspecified atom stereocenters. The van der Waals surface area contributed by atoms with E-state index in [1.807, 2.05) is 0 Å². The monoisotopic (exact) mass is 786 g/mol. The Kier molecular flexibility index (Phi) is 9.88. The fraction of sp³-hybridized carbons (Fsp3) is 0.0526. The van der Waals surface area contributed by atoms with Gasteiger partial charge in [0.25, 0.3) is 0 Å². The van der Waals surface area contributed by atoms with Crippen molar-refractivity contribution in [3.63, 3.8) is 0 Å². The molecule has 1 aromatic heterocycles. The van der Waals surface area contributed by atoms with Gasteiger partial charge in [-0.3, -0.25) is 0 Å². The second-order valence-corrected chi connectivity index (χ2v) is 15.8. The number of hydrogen-bond donors (Lipinski definition) is 0. The van der Waals surface area contributed by atoms with Crippen LogP contribution in [0, 0.1) is 20.8 Å². The first-order valence-corrected chi connectivity index (χ1v) is 20.9. The Bertz CT molecular complexity index is 2990. The summed E-state index contributed by atoms with van der Waals surface area (Å²) in [5, 5.41) is 2.34. The second kappa shape index (κ2) is 16.1. The third-order valence-corrected chi connectivity index (χ3v) is 11.4. The molecule has 10 rings (SSSR count). The van der Waals surface area contributed by atoms with Crippen molar-refractivity contribution in [1.82, 2.24) is 4.57 Å². The van der Waals surface area contributed by atoms with Gasteiger partial charge in [0.2, 0.25) is 0 Å². The topological polar surface area (TPSA) is 14.7 Å². The molecule has 0 bridgehead atoms. The first kappa shape index (κ1) is 37.5. The van der Waals surface area contributed by atoms with Crippen LogP contribution < -0.4 is 14.7 Å². The highest BCUT2D eigenvalue weighted by Crippen LogP contribution is 2.44. The first-order chi connectivity index (χ1) is 30.0. The van der Waals surface area contributed by atoms with Gasteiger partial charge in [-0.15, -0.1) is 0 Å². The van der Waals surface area contributed by atoms with Crippen LogP contribution in [0.25, 0.3) is 27.5 Å². The molecule has 0 fully saturated rings. The summed E-state index contributed by atoms with van der Waals surface area (Å²) in [7, 11) is 0. The number of para-hydroxylation sites is 3. The summed E-state index contributed by atoms with van der Waals surface area (Å²) in [5.74, 6) is 0. The van der Waals surface area contributed by atoms with Gasteiger partial charge in [0.15, 0.2) is 0 Å². The highest BCUT2D eigenvalue weighted by atomic mass is 15.2. The minimum Gasteiger partial charge on any atom is -0.310 e. The number of anilines is 9. The highest BCUT2D eigenvalue weighted by Gasteiger charge is 2.21. The van der Waals surface area contributed by atoms with E-state index in [4.69, 9.17) is 0 Å². The zero-order valence-corrected chi connectivity index (χ0v) is 34.7. The maximum atomic E-state index is 2.43. The second-order valence-electron chi connectivity index (χ2n) is 15.8. The summed E-state index contributed by atoms with van der Waals surface area (Å²) >= 11 is 0. The molecule has 0 saturated carbocycles. The molecule has 0 N–H and O–H groups in total. The van der Waals surface area contributed by atoms with Crippen molar-refractivity contribution in [2.45, 2.75) is 20.8 Å². The molecule has 0 atom stereocenters. The quantitative estimate of drug-likeness (QED) is 0.137. The molecule has 1 heterocycles. The van der Waals surface area contributed by atoms with E-state index in [-0.39, 0.29) is 0 Å². The van der Waals surface area contributed by atoms with E-state index in [0.717, 1.165) is 67.9 Å². The van der Waals surface area contributed by atoms with Crippen LogP contribution in [0.3, 0.4) is 0 Å². The molecule has 0 aliphatic carbocycles. The lowest BCUT2D eigenvalue weighted by Gasteiger charge is -2.26. The summed E-state index contributed by atoms with van der Waals surface area (Å²) in [5.41, 5.74) is 17.0. The van der Waals surface area contributed by atoms with Crippen molar-refractivity contribution in [1.29, 1.82) is 0 Å². The summed E-state index contributed by atoms with van der Waals surface area (Å²) in [4.78, 5) is 7.07. The van der Waals surface area contributed by atoms with Gasteiger partial charge in [0, 0.05) is 67.6 Å². The summed E-state index contributed by atoms with van der Waals surface area (Å²) in [6.07, 6.45) is 0. The van der Waals surface area contributed by atoms with E-state index < -0.39 is 0 Å². The smallest absolute Gasteiger partial charge is 0.0542 e. The number of fused-ring (bicyclic) bond motifs is 3. The van der Waals surface area contributed by atoms with Crippen LogP contribution in [-0.2, 0) is 0 Å². The molecule has 0 radical (unpaired) electrons. The Morgan fingerprint density at radius 1 is 0.262 bits per heavy atom. The van der Waals surface area contributed by atoms with E-state index in [1.165, 1.54) is 27.5 Å². The van der Waals surface area contributed by atoms with Crippen LogP contribution >= 0.6 is 0 Å². The maximum absolute atomic E-state index is 2.43. The average molecular weight is 787 g/mol. The number of aromatic nitrogens is 1. The summed E-state index contributed by atoms with van der Waals surface area (Å²) in [6.45, 7) is 6.47. The number of benzene rings is 9. The Morgan fingerprint density at radius 3 is 0.934 bits per heavy atom. The highest BCUT2D eigenvalue weighted by molar-refractivity contribution is 6.12. The van der Waals surface area contributed by atoms with Crippen LogP contribution in [0.2, 0.25) is 0 Å². The summed E-state index contributed by atoms with van der Waals surface area (Å²) in [6, 6.07) is 81.1. The molecule has 0 spiro atoms. The third kappa shape index (κ3) is 7.30. The van der Waals surface area contributed by atoms with Crippen LogP contribution in [0.5, 0.6) is 0 Å². The normalized spacial score (nSPS) is 11.2. The molecule has 0 aliphatic heterocycles. The molecule has 0 aliphatic rings. The summed E-state index contributed by atoms with van der Waals surface area (Å²) < 4.78 is 2.43. The standard InChI is InChI=1S/C57H46N4/c1-41-17-13-26-47(35-41)58(44-20-7-4-8-21-44)50-29-16-30-51(38-50)61-56-33-31-52(59(45-22-9-5-10-23-45)48-27-14-18-42(2)36-48)39-54(56)55-40-53(32-34-57(55)61)60(46-24-11-6-12-25-46)49-28-15-19-43(3)37-49/h4-40H,1-3H3. The van der Waals surface area contributed by atoms with E-state index in [9.17, 15) is 0 Å². The van der Waals surface area contributed by atoms with Crippen molar-refractivity contribution in [2.75, 3.05) is 14.7 Å². The lowest BCUT2D eigenvalue weighted by Crippen LogP contribution is -2.10. The lowest BCUT2D eigenvalue weighted by molar-refractivity contribution is 1.17. The molecular formula is C57H46N4. The Morgan fingerprint density at radius 2 is 0.574 bits per heavy atom. The first-order valence-electron chi connectivity index (χ1n) is 20.9. The predicted octanol–water partition coefficient (Wildman–Crippen LogP) is 16.1. The van der Waals surface area contributed by atoms with Gasteiger partial charge in [-0.25, -0.2) is 0 Å². The van der Waals surface area contributed by atoms with Crippen molar-refractivity contribution >= 4 is 73.0 Å². The van der Waals surface area contributed by atoms with Crippen LogP contribution in [0.1, 0.15) is 16.7 Å². The molecule has 4 nitrogen and oxygen atoms in total. The maximum Gasteiger partial charge on any atom is 0.0542 e. The Balaban J connectivity index is 1.22. The molecular weight excluding hydrogens is 741 g/mol. The average Bonchev–Trinajstić information content (AvgIpc) is 3.61. The zero-order valence-electron chi connectivity index (χ0n) is 34.7. The molecule has 4 heteroatoms. The number of nitrogens with zero attached hydrogens (tertiary/aromatic N) is 4. The molecule has 10 aromatic rings. The lowest BCUT2D eigenvalue weighted by atomic mass is 10.1. The van der Waals surface area contributed by atoms with Gasteiger partial charge in [-0.05, 0) is 165 Å². The third-order valence-electron chi connectivity index (χ3n) is 11.4.